The lowest BCUT2D eigenvalue weighted by molar-refractivity contribution is 0.0841. The van der Waals surface area contributed by atoms with Crippen molar-refractivity contribution < 1.29 is 13.6 Å². The molecule has 1 unspecified atom stereocenters. The van der Waals surface area contributed by atoms with E-state index in [1.54, 1.807) is 23.6 Å². The smallest absolute Gasteiger partial charge is 0.267 e. The van der Waals surface area contributed by atoms with Crippen molar-refractivity contribution in [1.82, 2.24) is 4.57 Å². The highest BCUT2D eigenvalue weighted by Gasteiger charge is 2.42. The van der Waals surface area contributed by atoms with Gasteiger partial charge in [-0.1, -0.05) is 35.9 Å². The molecule has 120 valence electrons. The normalized spacial score (nSPS) is 19.1. The molecule has 0 spiro atoms. The molecule has 0 aliphatic carbocycles. The number of benzene rings is 2. The van der Waals surface area contributed by atoms with Gasteiger partial charge in [-0.3, -0.25) is 9.36 Å². The van der Waals surface area contributed by atoms with Crippen molar-refractivity contribution in [2.24, 2.45) is 0 Å². The first-order chi connectivity index (χ1) is 11.4. The molecule has 0 bridgehead atoms. The van der Waals surface area contributed by atoms with Crippen LogP contribution in [0.15, 0.2) is 60.7 Å². The summed E-state index contributed by atoms with van der Waals surface area (Å²) in [5.41, 5.74) is 2.61. The van der Waals surface area contributed by atoms with Crippen LogP contribution < -0.4 is 0 Å². The molecule has 2 nitrogen and oxygen atoms in total. The van der Waals surface area contributed by atoms with E-state index in [-0.39, 0.29) is 5.91 Å². The van der Waals surface area contributed by atoms with E-state index >= 15 is 0 Å². The number of nitrogens with zero attached hydrogens (tertiary/aromatic N) is 1. The molecule has 0 amide bonds. The van der Waals surface area contributed by atoms with Gasteiger partial charge in [-0.05, 0) is 37.6 Å². The van der Waals surface area contributed by atoms with E-state index in [1.807, 2.05) is 43.3 Å². The van der Waals surface area contributed by atoms with Gasteiger partial charge in [-0.2, -0.15) is 8.78 Å². The summed E-state index contributed by atoms with van der Waals surface area (Å²) in [4.78, 5) is 13.2. The van der Waals surface area contributed by atoms with E-state index in [1.165, 1.54) is 0 Å². The van der Waals surface area contributed by atoms with Crippen LogP contribution in [0.25, 0.3) is 22.2 Å². The van der Waals surface area contributed by atoms with E-state index in [0.717, 1.165) is 33.8 Å². The maximum absolute atomic E-state index is 13.2. The van der Waals surface area contributed by atoms with Gasteiger partial charge in [0, 0.05) is 17.0 Å². The Hall–Kier alpha value is -2.75. The average Bonchev–Trinajstić information content (AvgIpc) is 2.91. The monoisotopic (exact) mass is 323 g/mol. The second-order valence-corrected chi connectivity index (χ2v) is 6.41. The molecule has 0 N–H and O–H groups in total. The van der Waals surface area contributed by atoms with Crippen LogP contribution in [0.2, 0.25) is 0 Å². The summed E-state index contributed by atoms with van der Waals surface area (Å²) in [7, 11) is 0. The van der Waals surface area contributed by atoms with Gasteiger partial charge in [0.1, 0.15) is 0 Å². The Kier molecular flexibility index (Phi) is 3.01. The minimum atomic E-state index is -1.85. The third-order valence-corrected chi connectivity index (χ3v) is 4.76. The summed E-state index contributed by atoms with van der Waals surface area (Å²) in [5, 5.41) is 0.933. The van der Waals surface area contributed by atoms with Crippen LogP contribution >= 0.6 is 0 Å². The first-order valence-corrected chi connectivity index (χ1v) is 7.72. The lowest BCUT2D eigenvalue weighted by atomic mass is 9.76. The van der Waals surface area contributed by atoms with Crippen molar-refractivity contribution in [3.05, 3.63) is 71.8 Å². The van der Waals surface area contributed by atoms with Crippen molar-refractivity contribution in [2.75, 3.05) is 0 Å². The van der Waals surface area contributed by atoms with Crippen molar-refractivity contribution in [3.63, 3.8) is 0 Å². The van der Waals surface area contributed by atoms with Crippen molar-refractivity contribution in [2.45, 2.75) is 19.3 Å². The Balaban J connectivity index is 2.14. The van der Waals surface area contributed by atoms with Gasteiger partial charge < -0.3 is 0 Å². The van der Waals surface area contributed by atoms with Crippen LogP contribution in [0.5, 0.6) is 0 Å². The number of halogens is 2. The second-order valence-electron chi connectivity index (χ2n) is 6.41. The molecular weight excluding hydrogens is 308 g/mol. The third kappa shape index (κ3) is 1.89. The highest BCUT2D eigenvalue weighted by atomic mass is 19.3. The number of allylic oxidation sites excluding steroid dienone is 1. The van der Waals surface area contributed by atoms with Crippen LogP contribution in [0, 0.1) is 6.92 Å². The number of fused-ring (bicyclic) bond motifs is 5. The van der Waals surface area contributed by atoms with Gasteiger partial charge in [0.25, 0.3) is 6.08 Å². The molecule has 1 aliphatic rings. The van der Waals surface area contributed by atoms with Crippen LogP contribution in [-0.4, -0.2) is 10.5 Å². The molecule has 2 heterocycles. The Morgan fingerprint density at radius 3 is 2.62 bits per heavy atom. The molecular formula is C20H15F2NO. The van der Waals surface area contributed by atoms with Gasteiger partial charge in [-0.25, -0.2) is 0 Å². The van der Waals surface area contributed by atoms with E-state index in [4.69, 9.17) is 0 Å². The molecule has 1 aliphatic heterocycles. The zero-order chi connectivity index (χ0) is 17.1. The summed E-state index contributed by atoms with van der Waals surface area (Å²) >= 11 is 0. The fourth-order valence-corrected chi connectivity index (χ4v) is 3.62. The van der Waals surface area contributed by atoms with Gasteiger partial charge in [0.15, 0.2) is 0 Å². The minimum Gasteiger partial charge on any atom is -0.279 e. The maximum atomic E-state index is 13.2. The molecule has 4 rings (SSSR count). The number of hydrogen-bond acceptors (Lipinski definition) is 1. The Morgan fingerprint density at radius 1 is 1.12 bits per heavy atom. The minimum absolute atomic E-state index is 0.358. The van der Waals surface area contributed by atoms with Crippen molar-refractivity contribution in [3.8, 4) is 11.3 Å². The summed E-state index contributed by atoms with van der Waals surface area (Å²) in [6.07, 6.45) is -1.09. The SMILES string of the molecule is Cc1ccc2c(c1)cc1n2C(=O)C(C)(C=C(F)F)c2ccccc2-1. The van der Waals surface area contributed by atoms with Gasteiger partial charge in [-0.15, -0.1) is 0 Å². The number of aromatic nitrogens is 1. The molecule has 0 fully saturated rings. The van der Waals surface area contributed by atoms with E-state index in [2.05, 4.69) is 0 Å². The maximum Gasteiger partial charge on any atom is 0.267 e. The summed E-state index contributed by atoms with van der Waals surface area (Å²) in [6, 6.07) is 15.0. The number of hydrogen-bond donors (Lipinski definition) is 0. The standard InChI is InChI=1S/C20H15F2NO/c1-12-7-8-16-13(9-12)10-17-14-5-3-4-6-15(14)20(2,11-18(21)22)19(24)23(16)17/h3-11H,1-2H3. The highest BCUT2D eigenvalue weighted by molar-refractivity contribution is 6.07. The van der Waals surface area contributed by atoms with Gasteiger partial charge in [0.2, 0.25) is 5.91 Å². The summed E-state index contributed by atoms with van der Waals surface area (Å²) < 4.78 is 27.8. The zero-order valence-electron chi connectivity index (χ0n) is 13.3. The molecule has 1 aromatic heterocycles. The van der Waals surface area contributed by atoms with Crippen LogP contribution in [0.4, 0.5) is 8.78 Å². The molecule has 4 heteroatoms. The lowest BCUT2D eigenvalue weighted by Crippen LogP contribution is -2.39. The number of rotatable bonds is 1. The predicted molar refractivity (Wildman–Crippen MR) is 90.4 cm³/mol. The fourth-order valence-electron chi connectivity index (χ4n) is 3.62. The summed E-state index contributed by atoms with van der Waals surface area (Å²) in [5.74, 6) is -0.358. The predicted octanol–water partition coefficient (Wildman–Crippen LogP) is 5.31. The number of carbonyl (C=O) groups excluding carboxylic acids is 1. The topological polar surface area (TPSA) is 22.0 Å². The Morgan fingerprint density at radius 2 is 1.88 bits per heavy atom. The van der Waals surface area contributed by atoms with E-state index in [0.29, 0.717) is 5.56 Å². The molecule has 0 saturated heterocycles. The van der Waals surface area contributed by atoms with Crippen molar-refractivity contribution >= 4 is 16.8 Å². The Labute approximate surface area is 138 Å². The molecule has 0 saturated carbocycles. The first kappa shape index (κ1) is 14.8. The van der Waals surface area contributed by atoms with Crippen LogP contribution in [0.1, 0.15) is 22.8 Å². The fraction of sp³-hybridized carbons (Fsp3) is 0.150. The molecule has 0 radical (unpaired) electrons. The zero-order valence-corrected chi connectivity index (χ0v) is 13.3. The molecule has 24 heavy (non-hydrogen) atoms. The first-order valence-electron chi connectivity index (χ1n) is 7.72. The van der Waals surface area contributed by atoms with Gasteiger partial charge in [0.05, 0.1) is 16.6 Å². The molecule has 1 atom stereocenters. The van der Waals surface area contributed by atoms with Crippen LogP contribution in [-0.2, 0) is 5.41 Å². The van der Waals surface area contributed by atoms with Crippen molar-refractivity contribution in [1.29, 1.82) is 0 Å². The van der Waals surface area contributed by atoms with E-state index < -0.39 is 11.5 Å². The second kappa shape index (κ2) is 4.87. The van der Waals surface area contributed by atoms with E-state index in [9.17, 15) is 13.6 Å². The van der Waals surface area contributed by atoms with Gasteiger partial charge >= 0.3 is 0 Å². The van der Waals surface area contributed by atoms with Crippen LogP contribution in [0.3, 0.4) is 0 Å². The average molecular weight is 323 g/mol. The largest absolute Gasteiger partial charge is 0.279 e. The lowest BCUT2D eigenvalue weighted by Gasteiger charge is -2.33. The summed E-state index contributed by atoms with van der Waals surface area (Å²) in [6.45, 7) is 3.54. The quantitative estimate of drug-likeness (QED) is 0.595. The highest BCUT2D eigenvalue weighted by Crippen LogP contribution is 2.44. The number of aryl methyl sites for hydroxylation is 1. The number of carbonyl (C=O) groups is 1. The molecule has 3 aromatic rings. The molecule has 2 aromatic carbocycles. The third-order valence-electron chi connectivity index (χ3n) is 4.76. The Bertz CT molecular complexity index is 1030.